The Balaban J connectivity index is 1.47. The summed E-state index contributed by atoms with van der Waals surface area (Å²) in [4.78, 5) is 21.5. The van der Waals surface area contributed by atoms with Gasteiger partial charge in [-0.05, 0) is 25.3 Å². The topological polar surface area (TPSA) is 76.5 Å². The summed E-state index contributed by atoms with van der Waals surface area (Å²) in [5.41, 5.74) is 1.89. The first-order chi connectivity index (χ1) is 14.2. The van der Waals surface area contributed by atoms with Crippen LogP contribution in [0.3, 0.4) is 0 Å². The van der Waals surface area contributed by atoms with E-state index in [1.54, 1.807) is 11.8 Å². The number of thiophene rings is 1. The monoisotopic (exact) mass is 423 g/mol. The van der Waals surface area contributed by atoms with E-state index in [9.17, 15) is 4.79 Å². The van der Waals surface area contributed by atoms with Gasteiger partial charge in [-0.2, -0.15) is 0 Å². The first-order valence-electron chi connectivity index (χ1n) is 9.86. The molecule has 0 spiro atoms. The predicted molar refractivity (Wildman–Crippen MR) is 118 cm³/mol. The highest BCUT2D eigenvalue weighted by molar-refractivity contribution is 7.99. The zero-order valence-electron chi connectivity index (χ0n) is 16.1. The van der Waals surface area contributed by atoms with Gasteiger partial charge >= 0.3 is 0 Å². The summed E-state index contributed by atoms with van der Waals surface area (Å²) in [7, 11) is 0. The standard InChI is InChI=1S/C21H21N5OS2/c1-13(29-21-25-24-16-10-6-3-7-11-26(16)21)18-22-19(27)17-15(12-28-20(17)23-18)14-8-4-2-5-9-14/h2,4-5,8-9,12-13H,3,6-7,10-11H2,1H3,(H,22,23,27). The molecular formula is C21H21N5OS2. The molecule has 4 heterocycles. The Hall–Kier alpha value is -2.45. The number of hydrogen-bond donors (Lipinski definition) is 1. The van der Waals surface area contributed by atoms with Gasteiger partial charge in [-0.15, -0.1) is 21.5 Å². The van der Waals surface area contributed by atoms with Gasteiger partial charge in [0, 0.05) is 23.9 Å². The third kappa shape index (κ3) is 3.51. The van der Waals surface area contributed by atoms with E-state index in [0.29, 0.717) is 11.2 Å². The number of aryl methyl sites for hydroxylation is 1. The van der Waals surface area contributed by atoms with Crippen molar-refractivity contribution in [3.63, 3.8) is 0 Å². The molecule has 4 aromatic rings. The molecule has 1 aliphatic heterocycles. The zero-order valence-corrected chi connectivity index (χ0v) is 17.7. The summed E-state index contributed by atoms with van der Waals surface area (Å²) in [6, 6.07) is 9.97. The first kappa shape index (κ1) is 18.6. The highest BCUT2D eigenvalue weighted by Gasteiger charge is 2.21. The largest absolute Gasteiger partial charge is 0.309 e. The van der Waals surface area contributed by atoms with E-state index in [-0.39, 0.29) is 10.8 Å². The van der Waals surface area contributed by atoms with E-state index in [4.69, 9.17) is 4.98 Å². The lowest BCUT2D eigenvalue weighted by Gasteiger charge is -2.11. The van der Waals surface area contributed by atoms with Crippen LogP contribution >= 0.6 is 23.1 Å². The van der Waals surface area contributed by atoms with Crippen LogP contribution in [0.25, 0.3) is 21.3 Å². The fourth-order valence-electron chi connectivity index (χ4n) is 3.75. The average molecular weight is 424 g/mol. The van der Waals surface area contributed by atoms with Gasteiger partial charge in [0.25, 0.3) is 5.56 Å². The van der Waals surface area contributed by atoms with Crippen LogP contribution in [0.4, 0.5) is 0 Å². The average Bonchev–Trinajstić information content (AvgIpc) is 3.25. The summed E-state index contributed by atoms with van der Waals surface area (Å²) in [6.07, 6.45) is 4.55. The zero-order chi connectivity index (χ0) is 19.8. The second-order valence-corrected chi connectivity index (χ2v) is 9.43. The Kier molecular flexibility index (Phi) is 4.97. The number of benzene rings is 1. The Morgan fingerprint density at radius 2 is 2.03 bits per heavy atom. The minimum Gasteiger partial charge on any atom is -0.309 e. The number of H-pyrrole nitrogens is 1. The second kappa shape index (κ2) is 7.76. The molecule has 0 fully saturated rings. The van der Waals surface area contributed by atoms with Gasteiger partial charge in [0.05, 0.1) is 10.6 Å². The Morgan fingerprint density at radius 1 is 1.17 bits per heavy atom. The third-order valence-corrected chi connectivity index (χ3v) is 7.25. The third-order valence-electron chi connectivity index (χ3n) is 5.29. The van der Waals surface area contributed by atoms with Crippen LogP contribution in [0.5, 0.6) is 0 Å². The highest BCUT2D eigenvalue weighted by Crippen LogP contribution is 2.35. The molecular weight excluding hydrogens is 402 g/mol. The maximum Gasteiger partial charge on any atom is 0.260 e. The Bertz CT molecular complexity index is 1210. The lowest BCUT2D eigenvalue weighted by atomic mass is 10.1. The number of aromatic amines is 1. The summed E-state index contributed by atoms with van der Waals surface area (Å²) in [6.45, 7) is 3.02. The molecule has 3 aromatic heterocycles. The van der Waals surface area contributed by atoms with Gasteiger partial charge in [-0.3, -0.25) is 4.79 Å². The SMILES string of the molecule is CC(Sc1nnc2n1CCCCC2)c1nc2scc(-c3ccccc3)c2c(=O)[nH]1. The number of nitrogens with one attached hydrogen (secondary N) is 1. The van der Waals surface area contributed by atoms with E-state index < -0.39 is 0 Å². The predicted octanol–water partition coefficient (Wildman–Crippen LogP) is 4.82. The van der Waals surface area contributed by atoms with Crippen LogP contribution in [0.2, 0.25) is 0 Å². The van der Waals surface area contributed by atoms with Crippen LogP contribution in [0, 0.1) is 0 Å². The van der Waals surface area contributed by atoms with Crippen molar-refractivity contribution in [2.75, 3.05) is 0 Å². The second-order valence-electron chi connectivity index (χ2n) is 7.27. The molecule has 0 saturated carbocycles. The molecule has 8 heteroatoms. The number of rotatable bonds is 4. The Morgan fingerprint density at radius 3 is 2.90 bits per heavy atom. The smallest absolute Gasteiger partial charge is 0.260 e. The number of hydrogen-bond acceptors (Lipinski definition) is 6. The molecule has 148 valence electrons. The first-order valence-corrected chi connectivity index (χ1v) is 11.6. The molecule has 6 nitrogen and oxygen atoms in total. The molecule has 1 aliphatic rings. The summed E-state index contributed by atoms with van der Waals surface area (Å²) in [5.74, 6) is 1.75. The van der Waals surface area contributed by atoms with Gasteiger partial charge in [0.15, 0.2) is 5.16 Å². The fourth-order valence-corrected chi connectivity index (χ4v) is 5.65. The molecule has 29 heavy (non-hydrogen) atoms. The van der Waals surface area contributed by atoms with E-state index in [0.717, 1.165) is 46.3 Å². The van der Waals surface area contributed by atoms with Crippen LogP contribution in [0.1, 0.15) is 43.1 Å². The van der Waals surface area contributed by atoms with E-state index in [1.807, 2.05) is 35.7 Å². The summed E-state index contributed by atoms with van der Waals surface area (Å²) in [5, 5.41) is 12.3. The van der Waals surface area contributed by atoms with E-state index >= 15 is 0 Å². The van der Waals surface area contributed by atoms with Gasteiger partial charge in [0.2, 0.25) is 0 Å². The Labute approximate surface area is 176 Å². The van der Waals surface area contributed by atoms with Crippen LogP contribution in [0.15, 0.2) is 45.7 Å². The van der Waals surface area contributed by atoms with Crippen LogP contribution in [-0.2, 0) is 13.0 Å². The lowest BCUT2D eigenvalue weighted by molar-refractivity contribution is 0.590. The molecule has 0 aliphatic carbocycles. The van der Waals surface area contributed by atoms with Crippen molar-refractivity contribution in [1.29, 1.82) is 0 Å². The van der Waals surface area contributed by atoms with Gasteiger partial charge in [0.1, 0.15) is 16.5 Å². The van der Waals surface area contributed by atoms with Crippen molar-refractivity contribution in [2.45, 2.75) is 49.6 Å². The summed E-state index contributed by atoms with van der Waals surface area (Å²) < 4.78 is 2.23. The molecule has 1 N–H and O–H groups in total. The molecule has 0 bridgehead atoms. The van der Waals surface area contributed by atoms with E-state index in [2.05, 4.69) is 26.7 Å². The highest BCUT2D eigenvalue weighted by atomic mass is 32.2. The van der Waals surface area contributed by atoms with Gasteiger partial charge < -0.3 is 9.55 Å². The van der Waals surface area contributed by atoms with Crippen molar-refractivity contribution >= 4 is 33.3 Å². The van der Waals surface area contributed by atoms with Crippen molar-refractivity contribution in [3.05, 3.63) is 57.7 Å². The minimum absolute atomic E-state index is 0.0223. The van der Waals surface area contributed by atoms with Crippen molar-refractivity contribution in [3.8, 4) is 11.1 Å². The van der Waals surface area contributed by atoms with Crippen molar-refractivity contribution in [1.82, 2.24) is 24.7 Å². The lowest BCUT2D eigenvalue weighted by Crippen LogP contribution is -2.13. The molecule has 1 aromatic carbocycles. The van der Waals surface area contributed by atoms with Gasteiger partial charge in [-0.25, -0.2) is 4.98 Å². The number of nitrogens with zero attached hydrogens (tertiary/aromatic N) is 4. The molecule has 1 atom stereocenters. The minimum atomic E-state index is -0.0855. The maximum atomic E-state index is 12.9. The molecule has 0 amide bonds. The molecule has 1 unspecified atom stereocenters. The summed E-state index contributed by atoms with van der Waals surface area (Å²) >= 11 is 3.12. The molecule has 5 rings (SSSR count). The molecule has 0 saturated heterocycles. The van der Waals surface area contributed by atoms with E-state index in [1.165, 1.54) is 24.2 Å². The van der Waals surface area contributed by atoms with Gasteiger partial charge in [-0.1, -0.05) is 48.5 Å². The number of thioether (sulfide) groups is 1. The fraction of sp³-hybridized carbons (Fsp3) is 0.333. The van der Waals surface area contributed by atoms with Crippen LogP contribution < -0.4 is 5.56 Å². The van der Waals surface area contributed by atoms with Crippen molar-refractivity contribution < 1.29 is 0 Å². The normalized spacial score (nSPS) is 15.2. The number of aromatic nitrogens is 5. The van der Waals surface area contributed by atoms with Crippen LogP contribution in [-0.4, -0.2) is 24.7 Å². The van der Waals surface area contributed by atoms with Crippen molar-refractivity contribution in [2.24, 2.45) is 0 Å². The number of fused-ring (bicyclic) bond motifs is 2. The molecule has 0 radical (unpaired) electrons. The maximum absolute atomic E-state index is 12.9. The quantitative estimate of drug-likeness (QED) is 0.476.